The van der Waals surface area contributed by atoms with Crippen LogP contribution in [-0.2, 0) is 9.59 Å². The largest absolute Gasteiger partial charge is 0.393 e. The van der Waals surface area contributed by atoms with Gasteiger partial charge in [-0.1, -0.05) is 17.7 Å². The van der Waals surface area contributed by atoms with Gasteiger partial charge in [0.25, 0.3) is 0 Å². The van der Waals surface area contributed by atoms with Crippen molar-refractivity contribution in [2.24, 2.45) is 11.8 Å². The Morgan fingerprint density at radius 1 is 1.00 bits per heavy atom. The minimum atomic E-state index is -0.227. The van der Waals surface area contributed by atoms with E-state index in [2.05, 4.69) is 16.0 Å². The quantitative estimate of drug-likeness (QED) is 0.657. The molecule has 4 N–H and O–H groups in total. The molecule has 2 atom stereocenters. The Kier molecular flexibility index (Phi) is 6.27. The molecule has 1 saturated carbocycles. The van der Waals surface area contributed by atoms with Gasteiger partial charge in [-0.2, -0.15) is 0 Å². The second kappa shape index (κ2) is 8.64. The fourth-order valence-electron chi connectivity index (χ4n) is 3.76. The summed E-state index contributed by atoms with van der Waals surface area (Å²) in [4.78, 5) is 25.1. The molecule has 0 radical (unpaired) electrons. The number of anilines is 1. The van der Waals surface area contributed by atoms with Gasteiger partial charge >= 0.3 is 0 Å². The number of hydrogen-bond donors (Lipinski definition) is 4. The smallest absolute Gasteiger partial charge is 0.228 e. The lowest BCUT2D eigenvalue weighted by atomic mass is 9.88. The van der Waals surface area contributed by atoms with Crippen LogP contribution >= 0.6 is 0 Å². The number of benzene rings is 1. The molecule has 0 bridgehead atoms. The first-order valence-electron chi connectivity index (χ1n) is 9.58. The van der Waals surface area contributed by atoms with Crippen LogP contribution in [0, 0.1) is 18.8 Å². The molecule has 1 aliphatic heterocycles. The molecule has 1 aromatic rings. The van der Waals surface area contributed by atoms with Gasteiger partial charge in [0.2, 0.25) is 11.8 Å². The van der Waals surface area contributed by atoms with Crippen molar-refractivity contribution < 1.29 is 14.7 Å². The van der Waals surface area contributed by atoms with Gasteiger partial charge in [-0.05, 0) is 51.2 Å². The van der Waals surface area contributed by atoms with Crippen molar-refractivity contribution in [2.45, 2.75) is 51.2 Å². The molecule has 1 saturated heterocycles. The van der Waals surface area contributed by atoms with E-state index in [1.807, 2.05) is 31.2 Å². The van der Waals surface area contributed by atoms with E-state index >= 15 is 0 Å². The fraction of sp³-hybridized carbons (Fsp3) is 0.600. The van der Waals surface area contributed by atoms with Gasteiger partial charge in [0, 0.05) is 24.8 Å². The first-order chi connectivity index (χ1) is 12.5. The van der Waals surface area contributed by atoms with Crippen molar-refractivity contribution in [3.05, 3.63) is 29.8 Å². The lowest BCUT2D eigenvalue weighted by Gasteiger charge is -2.31. The van der Waals surface area contributed by atoms with Crippen LogP contribution in [-0.4, -0.2) is 42.2 Å². The highest BCUT2D eigenvalue weighted by Crippen LogP contribution is 2.22. The van der Waals surface area contributed by atoms with Gasteiger partial charge < -0.3 is 21.1 Å². The van der Waals surface area contributed by atoms with E-state index in [0.29, 0.717) is 19.5 Å². The van der Waals surface area contributed by atoms with Crippen LogP contribution in [0.4, 0.5) is 5.69 Å². The maximum absolute atomic E-state index is 12.6. The van der Waals surface area contributed by atoms with Crippen molar-refractivity contribution >= 4 is 17.5 Å². The van der Waals surface area contributed by atoms with E-state index in [9.17, 15) is 14.7 Å². The number of nitrogens with one attached hydrogen (secondary N) is 3. The van der Waals surface area contributed by atoms with Gasteiger partial charge in [-0.15, -0.1) is 0 Å². The van der Waals surface area contributed by atoms with Gasteiger partial charge in [0.1, 0.15) is 0 Å². The Hall–Kier alpha value is -1.92. The van der Waals surface area contributed by atoms with Gasteiger partial charge in [0.05, 0.1) is 17.9 Å². The summed E-state index contributed by atoms with van der Waals surface area (Å²) in [7, 11) is 0. The number of amides is 2. The van der Waals surface area contributed by atoms with Crippen molar-refractivity contribution in [1.82, 2.24) is 10.6 Å². The van der Waals surface area contributed by atoms with E-state index in [4.69, 9.17) is 0 Å². The van der Waals surface area contributed by atoms with Crippen molar-refractivity contribution in [2.75, 3.05) is 18.4 Å². The molecule has 1 aromatic carbocycles. The van der Waals surface area contributed by atoms with E-state index in [0.717, 1.165) is 36.9 Å². The molecular weight excluding hydrogens is 330 g/mol. The van der Waals surface area contributed by atoms with Crippen molar-refractivity contribution in [1.29, 1.82) is 0 Å². The number of aliphatic hydroxyl groups excluding tert-OH is 1. The Balaban J connectivity index is 1.50. The Bertz CT molecular complexity index is 624. The molecule has 0 spiro atoms. The SMILES string of the molecule is Cc1ccc(NC(=O)[C@@H]2CNC[C@H](C(=O)NC3CCC(O)CC3)C2)cc1. The van der Waals surface area contributed by atoms with Crippen LogP contribution < -0.4 is 16.0 Å². The van der Waals surface area contributed by atoms with Gasteiger partial charge in [-0.25, -0.2) is 0 Å². The standard InChI is InChI=1S/C20H29N3O3/c1-13-2-4-16(5-3-13)22-19(25)14-10-15(12-21-11-14)20(26)23-17-6-8-18(24)9-7-17/h2-5,14-15,17-18,21,24H,6-12H2,1H3,(H,22,25)(H,23,26)/t14-,15+,17?,18?/m0/s1. The number of carbonyl (C=O) groups is 2. The molecule has 1 aliphatic carbocycles. The lowest BCUT2D eigenvalue weighted by molar-refractivity contribution is -0.128. The fourth-order valence-corrected chi connectivity index (χ4v) is 3.76. The molecule has 142 valence electrons. The topological polar surface area (TPSA) is 90.5 Å². The first kappa shape index (κ1) is 18.9. The van der Waals surface area contributed by atoms with Crippen LogP contribution in [0.3, 0.4) is 0 Å². The zero-order valence-electron chi connectivity index (χ0n) is 15.3. The van der Waals surface area contributed by atoms with E-state index < -0.39 is 0 Å². The Labute approximate surface area is 154 Å². The number of rotatable bonds is 4. The third-order valence-electron chi connectivity index (χ3n) is 5.45. The molecule has 0 unspecified atom stereocenters. The predicted molar refractivity (Wildman–Crippen MR) is 101 cm³/mol. The minimum Gasteiger partial charge on any atom is -0.393 e. The third-order valence-corrected chi connectivity index (χ3v) is 5.45. The maximum atomic E-state index is 12.6. The summed E-state index contributed by atoms with van der Waals surface area (Å²) in [6.45, 7) is 3.21. The van der Waals surface area contributed by atoms with Crippen LogP contribution in [0.5, 0.6) is 0 Å². The van der Waals surface area contributed by atoms with Crippen LogP contribution in [0.1, 0.15) is 37.7 Å². The van der Waals surface area contributed by atoms with Crippen LogP contribution in [0.25, 0.3) is 0 Å². The summed E-state index contributed by atoms with van der Waals surface area (Å²) in [5.41, 5.74) is 1.93. The highest BCUT2D eigenvalue weighted by Gasteiger charge is 2.32. The van der Waals surface area contributed by atoms with E-state index in [1.54, 1.807) is 0 Å². The molecule has 2 aliphatic rings. The Morgan fingerprint density at radius 2 is 1.62 bits per heavy atom. The highest BCUT2D eigenvalue weighted by molar-refractivity contribution is 5.93. The number of carbonyl (C=O) groups excluding carboxylic acids is 2. The molecule has 1 heterocycles. The molecule has 2 amide bonds. The van der Waals surface area contributed by atoms with Crippen molar-refractivity contribution in [3.63, 3.8) is 0 Å². The predicted octanol–water partition coefficient (Wildman–Crippen LogP) is 1.58. The molecule has 3 rings (SSSR count). The molecular formula is C20H29N3O3. The summed E-state index contributed by atoms with van der Waals surface area (Å²) in [6.07, 6.45) is 3.47. The molecule has 2 fully saturated rings. The molecule has 26 heavy (non-hydrogen) atoms. The molecule has 0 aromatic heterocycles. The van der Waals surface area contributed by atoms with E-state index in [1.165, 1.54) is 0 Å². The third kappa shape index (κ3) is 5.05. The van der Waals surface area contributed by atoms with Crippen molar-refractivity contribution in [3.8, 4) is 0 Å². The summed E-state index contributed by atoms with van der Waals surface area (Å²) in [5, 5.41) is 18.8. The van der Waals surface area contributed by atoms with Gasteiger partial charge in [0.15, 0.2) is 0 Å². The zero-order valence-corrected chi connectivity index (χ0v) is 15.3. The molecule has 6 nitrogen and oxygen atoms in total. The lowest BCUT2D eigenvalue weighted by Crippen LogP contribution is -2.49. The number of piperidine rings is 1. The van der Waals surface area contributed by atoms with Crippen LogP contribution in [0.2, 0.25) is 0 Å². The monoisotopic (exact) mass is 359 g/mol. The summed E-state index contributed by atoms with van der Waals surface area (Å²) < 4.78 is 0. The summed E-state index contributed by atoms with van der Waals surface area (Å²) in [5.74, 6) is -0.426. The Morgan fingerprint density at radius 3 is 2.27 bits per heavy atom. The summed E-state index contributed by atoms with van der Waals surface area (Å²) in [6, 6.07) is 7.86. The average molecular weight is 359 g/mol. The first-order valence-corrected chi connectivity index (χ1v) is 9.58. The van der Waals surface area contributed by atoms with Gasteiger partial charge in [-0.3, -0.25) is 9.59 Å². The second-order valence-electron chi connectivity index (χ2n) is 7.66. The maximum Gasteiger partial charge on any atom is 0.228 e. The average Bonchev–Trinajstić information content (AvgIpc) is 2.65. The normalized spacial score (nSPS) is 29.0. The second-order valence-corrected chi connectivity index (χ2v) is 7.66. The zero-order chi connectivity index (χ0) is 18.5. The summed E-state index contributed by atoms with van der Waals surface area (Å²) >= 11 is 0. The minimum absolute atomic E-state index is 0.0201. The van der Waals surface area contributed by atoms with Crippen LogP contribution in [0.15, 0.2) is 24.3 Å². The number of aryl methyl sites for hydroxylation is 1. The van der Waals surface area contributed by atoms with E-state index in [-0.39, 0.29) is 35.8 Å². The number of hydrogen-bond acceptors (Lipinski definition) is 4. The number of aliphatic hydroxyl groups is 1. The molecule has 6 heteroatoms. The highest BCUT2D eigenvalue weighted by atomic mass is 16.3.